The van der Waals surface area contributed by atoms with Crippen LogP contribution in [0.15, 0.2) is 48.7 Å². The van der Waals surface area contributed by atoms with Crippen LogP contribution in [0, 0.1) is 5.92 Å². The number of hydrogen-bond donors (Lipinski definition) is 1. The van der Waals surface area contributed by atoms with Crippen molar-refractivity contribution in [3.8, 4) is 0 Å². The van der Waals surface area contributed by atoms with E-state index in [9.17, 15) is 0 Å². The molecule has 1 aliphatic carbocycles. The lowest BCUT2D eigenvalue weighted by atomic mass is 10.00. The summed E-state index contributed by atoms with van der Waals surface area (Å²) in [5.74, 6) is 3.27. The first-order valence-electron chi connectivity index (χ1n) is 9.03. The third-order valence-corrected chi connectivity index (χ3v) is 5.18. The number of benzene rings is 1. The van der Waals surface area contributed by atoms with Crippen LogP contribution in [0.2, 0.25) is 0 Å². The van der Waals surface area contributed by atoms with Gasteiger partial charge >= 0.3 is 0 Å². The number of nitrogens with zero attached hydrogens (tertiary/aromatic N) is 4. The van der Waals surface area contributed by atoms with Crippen molar-refractivity contribution in [2.45, 2.75) is 18.8 Å². The molecule has 1 saturated heterocycles. The zero-order valence-electron chi connectivity index (χ0n) is 14.1. The molecule has 25 heavy (non-hydrogen) atoms. The number of hydrogen-bond acceptors (Lipinski definition) is 5. The molecule has 0 amide bonds. The highest BCUT2D eigenvalue weighted by Crippen LogP contribution is 2.39. The van der Waals surface area contributed by atoms with Gasteiger partial charge < -0.3 is 10.2 Å². The Bertz CT molecular complexity index is 877. The summed E-state index contributed by atoms with van der Waals surface area (Å²) in [6.07, 6.45) is 4.41. The van der Waals surface area contributed by atoms with Gasteiger partial charge in [0.25, 0.3) is 0 Å². The van der Waals surface area contributed by atoms with Crippen LogP contribution in [0.3, 0.4) is 0 Å². The van der Waals surface area contributed by atoms with Gasteiger partial charge in [-0.25, -0.2) is 4.98 Å². The van der Waals surface area contributed by atoms with E-state index in [4.69, 9.17) is 0 Å². The van der Waals surface area contributed by atoms with Crippen LogP contribution in [-0.4, -0.2) is 34.8 Å². The van der Waals surface area contributed by atoms with E-state index < -0.39 is 0 Å². The van der Waals surface area contributed by atoms with Crippen LogP contribution < -0.4 is 10.2 Å². The Kier molecular flexibility index (Phi) is 3.51. The average Bonchev–Trinajstić information content (AvgIpc) is 3.46. The van der Waals surface area contributed by atoms with Gasteiger partial charge in [0, 0.05) is 43.1 Å². The van der Waals surface area contributed by atoms with E-state index in [-0.39, 0.29) is 0 Å². The zero-order valence-corrected chi connectivity index (χ0v) is 14.1. The van der Waals surface area contributed by atoms with E-state index in [1.54, 1.807) is 0 Å². The minimum absolute atomic E-state index is 0.616. The van der Waals surface area contributed by atoms with E-state index in [0.29, 0.717) is 11.8 Å². The maximum absolute atomic E-state index is 4.50. The van der Waals surface area contributed by atoms with Crippen molar-refractivity contribution in [2.24, 2.45) is 5.92 Å². The Morgan fingerprint density at radius 3 is 2.68 bits per heavy atom. The molecule has 5 rings (SSSR count). The monoisotopic (exact) mass is 331 g/mol. The van der Waals surface area contributed by atoms with Gasteiger partial charge in [-0.3, -0.25) is 0 Å². The summed E-state index contributed by atoms with van der Waals surface area (Å²) in [5.41, 5.74) is 1.16. The molecular weight excluding hydrogens is 310 g/mol. The summed E-state index contributed by atoms with van der Waals surface area (Å²) in [7, 11) is 0. The number of pyridine rings is 1. The number of anilines is 2. The van der Waals surface area contributed by atoms with Gasteiger partial charge in [-0.2, -0.15) is 5.10 Å². The van der Waals surface area contributed by atoms with Crippen molar-refractivity contribution >= 4 is 22.4 Å². The SMILES string of the molecule is c1ccc2c(NCC3CN(c4ccc(C5CC5)nn4)C3)nccc2c1. The molecule has 0 bridgehead atoms. The highest BCUT2D eigenvalue weighted by molar-refractivity contribution is 5.91. The first-order valence-corrected chi connectivity index (χ1v) is 9.03. The summed E-state index contributed by atoms with van der Waals surface area (Å²) in [4.78, 5) is 6.80. The molecule has 126 valence electrons. The Balaban J connectivity index is 1.18. The van der Waals surface area contributed by atoms with Crippen molar-refractivity contribution in [3.63, 3.8) is 0 Å². The predicted molar refractivity (Wildman–Crippen MR) is 99.9 cm³/mol. The molecule has 1 aliphatic heterocycles. The summed E-state index contributed by atoms with van der Waals surface area (Å²) in [5, 5.41) is 14.7. The van der Waals surface area contributed by atoms with Crippen LogP contribution >= 0.6 is 0 Å². The number of nitrogens with one attached hydrogen (secondary N) is 1. The summed E-state index contributed by atoms with van der Waals surface area (Å²) >= 11 is 0. The summed E-state index contributed by atoms with van der Waals surface area (Å²) < 4.78 is 0. The second-order valence-electron chi connectivity index (χ2n) is 7.12. The summed E-state index contributed by atoms with van der Waals surface area (Å²) in [6, 6.07) is 14.7. The molecular formula is C20H21N5. The maximum Gasteiger partial charge on any atom is 0.151 e. The van der Waals surface area contributed by atoms with E-state index in [1.807, 2.05) is 6.20 Å². The lowest BCUT2D eigenvalue weighted by molar-refractivity contribution is 0.425. The molecule has 1 aromatic carbocycles. The second kappa shape index (κ2) is 5.99. The van der Waals surface area contributed by atoms with E-state index >= 15 is 0 Å². The molecule has 3 heterocycles. The minimum atomic E-state index is 0.616. The normalized spacial score (nSPS) is 17.5. The van der Waals surface area contributed by atoms with Gasteiger partial charge in [0.2, 0.25) is 0 Å². The minimum Gasteiger partial charge on any atom is -0.369 e. The fraction of sp³-hybridized carbons (Fsp3) is 0.350. The van der Waals surface area contributed by atoms with Crippen LogP contribution in [0.4, 0.5) is 11.6 Å². The standard InChI is InChI=1S/C20H21N5/c1-2-4-17-15(3-1)9-10-21-20(17)22-11-14-12-25(13-14)19-8-7-18(23-24-19)16-5-6-16/h1-4,7-10,14,16H,5-6,11-13H2,(H,21,22). The van der Waals surface area contributed by atoms with Crippen molar-refractivity contribution in [2.75, 3.05) is 29.9 Å². The highest BCUT2D eigenvalue weighted by atomic mass is 15.3. The average molecular weight is 331 g/mol. The topological polar surface area (TPSA) is 53.9 Å². The van der Waals surface area contributed by atoms with Gasteiger partial charge in [-0.05, 0) is 36.4 Å². The fourth-order valence-corrected chi connectivity index (χ4v) is 3.49. The lowest BCUT2D eigenvalue weighted by Gasteiger charge is -2.40. The third-order valence-electron chi connectivity index (χ3n) is 5.18. The molecule has 5 nitrogen and oxygen atoms in total. The quantitative estimate of drug-likeness (QED) is 0.776. The van der Waals surface area contributed by atoms with Crippen molar-refractivity contribution in [1.29, 1.82) is 0 Å². The Labute approximate surface area is 147 Å². The third kappa shape index (κ3) is 2.90. The van der Waals surface area contributed by atoms with Gasteiger partial charge in [0.15, 0.2) is 5.82 Å². The lowest BCUT2D eigenvalue weighted by Crippen LogP contribution is -2.50. The zero-order chi connectivity index (χ0) is 16.6. The van der Waals surface area contributed by atoms with Crippen molar-refractivity contribution < 1.29 is 0 Å². The molecule has 0 radical (unpaired) electrons. The van der Waals surface area contributed by atoms with Gasteiger partial charge in [0.1, 0.15) is 5.82 Å². The summed E-state index contributed by atoms with van der Waals surface area (Å²) in [6.45, 7) is 2.98. The molecule has 0 spiro atoms. The number of rotatable bonds is 5. The van der Waals surface area contributed by atoms with E-state index in [0.717, 1.165) is 37.0 Å². The Morgan fingerprint density at radius 2 is 1.88 bits per heavy atom. The molecule has 0 unspecified atom stereocenters. The molecule has 3 aromatic rings. The first-order chi connectivity index (χ1) is 12.4. The molecule has 0 atom stereocenters. The number of aromatic nitrogens is 3. The first kappa shape index (κ1) is 14.6. The second-order valence-corrected chi connectivity index (χ2v) is 7.12. The maximum atomic E-state index is 4.50. The van der Waals surface area contributed by atoms with Gasteiger partial charge in [-0.15, -0.1) is 5.10 Å². The van der Waals surface area contributed by atoms with Crippen LogP contribution in [0.25, 0.3) is 10.8 Å². The van der Waals surface area contributed by atoms with Crippen LogP contribution in [0.1, 0.15) is 24.5 Å². The van der Waals surface area contributed by atoms with E-state index in [2.05, 4.69) is 67.9 Å². The molecule has 2 aliphatic rings. The van der Waals surface area contributed by atoms with E-state index in [1.165, 1.54) is 23.6 Å². The van der Waals surface area contributed by atoms with Crippen LogP contribution in [-0.2, 0) is 0 Å². The molecule has 1 N–H and O–H groups in total. The highest BCUT2D eigenvalue weighted by Gasteiger charge is 2.29. The molecule has 5 heteroatoms. The van der Waals surface area contributed by atoms with Gasteiger partial charge in [0.05, 0.1) is 5.69 Å². The largest absolute Gasteiger partial charge is 0.369 e. The van der Waals surface area contributed by atoms with Crippen molar-refractivity contribution in [1.82, 2.24) is 15.2 Å². The van der Waals surface area contributed by atoms with Crippen LogP contribution in [0.5, 0.6) is 0 Å². The molecule has 2 fully saturated rings. The number of fused-ring (bicyclic) bond motifs is 1. The van der Waals surface area contributed by atoms with Gasteiger partial charge in [-0.1, -0.05) is 24.3 Å². The Hall–Kier alpha value is -2.69. The Morgan fingerprint density at radius 1 is 1.00 bits per heavy atom. The predicted octanol–water partition coefficient (Wildman–Crippen LogP) is 3.45. The molecule has 1 saturated carbocycles. The molecule has 2 aromatic heterocycles. The van der Waals surface area contributed by atoms with Crippen molar-refractivity contribution in [3.05, 3.63) is 54.4 Å². The smallest absolute Gasteiger partial charge is 0.151 e. The fourth-order valence-electron chi connectivity index (χ4n) is 3.49.